The van der Waals surface area contributed by atoms with E-state index in [0.717, 1.165) is 41.1 Å². The van der Waals surface area contributed by atoms with Crippen molar-refractivity contribution in [1.29, 1.82) is 0 Å². The fourth-order valence-electron chi connectivity index (χ4n) is 6.55. The monoisotopic (exact) mass is 762 g/mol. The van der Waals surface area contributed by atoms with Crippen molar-refractivity contribution in [3.05, 3.63) is 94.7 Å². The van der Waals surface area contributed by atoms with Crippen molar-refractivity contribution >= 4 is 38.0 Å². The van der Waals surface area contributed by atoms with Crippen molar-refractivity contribution in [3.63, 3.8) is 0 Å². The Morgan fingerprint density at radius 2 is 1.67 bits per heavy atom. The largest absolute Gasteiger partial charge is 1.00 e. The summed E-state index contributed by atoms with van der Waals surface area (Å²) in [6.07, 6.45) is 9.73. The van der Waals surface area contributed by atoms with E-state index in [0.29, 0.717) is 23.4 Å². The summed E-state index contributed by atoms with van der Waals surface area (Å²) < 4.78 is 79.0. The summed E-state index contributed by atoms with van der Waals surface area (Å²) in [5.41, 5.74) is 2.44. The molecule has 0 saturated carbocycles. The van der Waals surface area contributed by atoms with Crippen LogP contribution in [0.25, 0.3) is 17.4 Å². The second-order valence-electron chi connectivity index (χ2n) is 13.9. The number of allylic oxidation sites excluding steroid dienone is 5. The Morgan fingerprint density at radius 1 is 0.981 bits per heavy atom. The van der Waals surface area contributed by atoms with Crippen molar-refractivity contribution in [2.24, 2.45) is 0 Å². The molecule has 1 aromatic rings. The number of fused-ring (bicyclic) bond motifs is 2. The quantitative estimate of drug-likeness (QED) is 0.112. The zero-order chi connectivity index (χ0) is 37.8. The molecule has 0 aromatic heterocycles. The Bertz CT molecular complexity index is 2120. The maximum Gasteiger partial charge on any atom is 1.00 e. The fraction of sp³-hybridized carbons (Fsp3) is 0.421. The SMILES string of the molecule is CC[N+](CC)=c1ccc2c(/C=C/C=C/C=C3/N(CCCS(=O)(=O)[O-])c4ccc(S(=O)(=O)[O-])cc4C3(C)CCCC(=O)O)cc(C(C)(C)C)oc-2c1.[Na+]. The second-order valence-corrected chi connectivity index (χ2v) is 16.8. The summed E-state index contributed by atoms with van der Waals surface area (Å²) in [4.78, 5) is 12.8. The second kappa shape index (κ2) is 17.4. The molecule has 2 heterocycles. The minimum absolute atomic E-state index is 0. The molecule has 0 amide bonds. The van der Waals surface area contributed by atoms with Crippen LogP contribution in [-0.4, -0.2) is 62.4 Å². The van der Waals surface area contributed by atoms with Crippen LogP contribution >= 0.6 is 0 Å². The topological polar surface area (TPSA) is 171 Å². The zero-order valence-electron chi connectivity index (χ0n) is 31.0. The van der Waals surface area contributed by atoms with Crippen molar-refractivity contribution in [2.45, 2.75) is 83.0 Å². The first-order valence-electron chi connectivity index (χ1n) is 17.0. The van der Waals surface area contributed by atoms with Gasteiger partial charge >= 0.3 is 35.5 Å². The van der Waals surface area contributed by atoms with Gasteiger partial charge in [0.1, 0.15) is 34.7 Å². The Hall–Kier alpha value is -3.04. The van der Waals surface area contributed by atoms with Crippen LogP contribution in [0.3, 0.4) is 0 Å². The van der Waals surface area contributed by atoms with E-state index in [2.05, 4.69) is 57.4 Å². The predicted octanol–water partition coefficient (Wildman–Crippen LogP) is 2.82. The Balaban J connectivity index is 0.00000729. The van der Waals surface area contributed by atoms with Gasteiger partial charge in [0.25, 0.3) is 0 Å². The van der Waals surface area contributed by atoms with Crippen molar-refractivity contribution in [3.8, 4) is 11.3 Å². The van der Waals surface area contributed by atoms with E-state index in [1.165, 1.54) is 18.2 Å². The molecule has 1 unspecified atom stereocenters. The predicted molar refractivity (Wildman–Crippen MR) is 196 cm³/mol. The summed E-state index contributed by atoms with van der Waals surface area (Å²) in [5, 5.41) is 10.4. The number of benzene rings is 2. The summed E-state index contributed by atoms with van der Waals surface area (Å²) in [7, 11) is -9.30. The standard InChI is InChI=1S/C38H48N2O9S2.Na/c1-7-39(8-2)28-17-19-30-27(24-35(37(3,4)5)49-33(30)25-28)14-10-9-11-15-34-38(6,21-12-16-36(41)42)31-26-29(51(46,47)48)18-20-32(31)40(34)22-13-23-50(43,44)45;/h9-11,14-15,17-20,24-26H,7-8,12-13,16,21-23H2,1-6H3,(H2-,41,42,43,44,45,46,47,48);/q;+1/p-1. The molecule has 0 spiro atoms. The van der Waals surface area contributed by atoms with E-state index >= 15 is 0 Å². The molecule has 2 aliphatic heterocycles. The number of nitrogens with zero attached hydrogens (tertiary/aromatic N) is 2. The third kappa shape index (κ3) is 10.6. The van der Waals surface area contributed by atoms with E-state index in [1.54, 1.807) is 6.08 Å². The van der Waals surface area contributed by atoms with Gasteiger partial charge in [-0.25, -0.2) is 21.4 Å². The van der Waals surface area contributed by atoms with Crippen LogP contribution in [-0.2, 0) is 35.9 Å². The molecular weight excluding hydrogens is 716 g/mol. The molecular formula is C38H47N2NaO9S2. The van der Waals surface area contributed by atoms with E-state index in [9.17, 15) is 35.8 Å². The van der Waals surface area contributed by atoms with Gasteiger partial charge in [-0.1, -0.05) is 45.1 Å². The van der Waals surface area contributed by atoms with Gasteiger partial charge in [-0.15, -0.1) is 0 Å². The van der Waals surface area contributed by atoms with Gasteiger partial charge in [-0.3, -0.25) is 4.79 Å². The van der Waals surface area contributed by atoms with Crippen LogP contribution in [0.4, 0.5) is 5.69 Å². The summed E-state index contributed by atoms with van der Waals surface area (Å²) >= 11 is 0. The van der Waals surface area contributed by atoms with Gasteiger partial charge in [-0.2, -0.15) is 0 Å². The maximum atomic E-state index is 12.0. The number of rotatable bonds is 14. The Kier molecular flexibility index (Phi) is 14.5. The maximum absolute atomic E-state index is 12.0. The van der Waals surface area contributed by atoms with Crippen LogP contribution < -0.4 is 44.4 Å². The number of carboxylic acid groups (broad SMARTS) is 1. The van der Waals surface area contributed by atoms with Crippen LogP contribution in [0.15, 0.2) is 81.8 Å². The van der Waals surface area contributed by atoms with E-state index < -0.39 is 42.3 Å². The fourth-order valence-corrected chi connectivity index (χ4v) is 7.53. The minimum atomic E-state index is -4.80. The number of anilines is 1. The Morgan fingerprint density at radius 3 is 2.27 bits per heavy atom. The van der Waals surface area contributed by atoms with Crippen LogP contribution in [0, 0.1) is 0 Å². The molecule has 4 rings (SSSR count). The molecule has 0 saturated heterocycles. The number of hydrogen-bond acceptors (Lipinski definition) is 9. The number of hydrogen-bond donors (Lipinski definition) is 1. The van der Waals surface area contributed by atoms with Crippen LogP contribution in [0.5, 0.6) is 0 Å². The first-order chi connectivity index (χ1) is 23.8. The number of aliphatic carboxylic acids is 1. The van der Waals surface area contributed by atoms with Gasteiger partial charge in [0, 0.05) is 52.6 Å². The number of carboxylic acids is 1. The first kappa shape index (κ1) is 43.4. The van der Waals surface area contributed by atoms with Gasteiger partial charge in [0.2, 0.25) is 5.36 Å². The molecule has 1 N–H and O–H groups in total. The number of carbonyl (C=O) groups is 1. The van der Waals surface area contributed by atoms with Crippen molar-refractivity contribution < 1.29 is 69.8 Å². The smallest absolute Gasteiger partial charge is 0.748 e. The zero-order valence-corrected chi connectivity index (χ0v) is 34.6. The molecule has 1 atom stereocenters. The summed E-state index contributed by atoms with van der Waals surface area (Å²) in [5.74, 6) is 0.0144. The molecule has 3 aliphatic rings. The molecule has 276 valence electrons. The minimum Gasteiger partial charge on any atom is -0.748 e. The van der Waals surface area contributed by atoms with Crippen molar-refractivity contribution in [1.82, 2.24) is 4.58 Å². The molecule has 0 radical (unpaired) electrons. The van der Waals surface area contributed by atoms with Crippen LogP contribution in [0.1, 0.15) is 84.1 Å². The molecule has 11 nitrogen and oxygen atoms in total. The van der Waals surface area contributed by atoms with E-state index in [-0.39, 0.29) is 60.8 Å². The first-order valence-corrected chi connectivity index (χ1v) is 20.0. The van der Waals surface area contributed by atoms with Crippen LogP contribution in [0.2, 0.25) is 0 Å². The molecule has 0 bridgehead atoms. The normalized spacial score (nSPS) is 17.3. The van der Waals surface area contributed by atoms with Gasteiger partial charge in [0.15, 0.2) is 0 Å². The van der Waals surface area contributed by atoms with Crippen molar-refractivity contribution in [2.75, 3.05) is 30.3 Å². The van der Waals surface area contributed by atoms with E-state index in [4.69, 9.17) is 4.42 Å². The molecule has 1 aliphatic carbocycles. The van der Waals surface area contributed by atoms with Gasteiger partial charge < -0.3 is 23.5 Å². The summed E-state index contributed by atoms with van der Waals surface area (Å²) in [6.45, 7) is 14.2. The van der Waals surface area contributed by atoms with Gasteiger partial charge in [0.05, 0.1) is 21.1 Å². The third-order valence-corrected chi connectivity index (χ3v) is 10.9. The Labute approximate surface area is 329 Å². The van der Waals surface area contributed by atoms with Gasteiger partial charge in [-0.05, 0) is 87.6 Å². The average Bonchev–Trinajstić information content (AvgIpc) is 3.25. The van der Waals surface area contributed by atoms with E-state index in [1.807, 2.05) is 42.2 Å². The molecule has 14 heteroatoms. The molecule has 52 heavy (non-hydrogen) atoms. The third-order valence-electron chi connectivity index (χ3n) is 9.24. The average molecular weight is 763 g/mol. The summed E-state index contributed by atoms with van der Waals surface area (Å²) in [6, 6.07) is 12.2. The molecule has 0 fully saturated rings. The molecule has 1 aromatic carbocycles.